The van der Waals surface area contributed by atoms with Gasteiger partial charge in [-0.3, -0.25) is 9.69 Å². The van der Waals surface area contributed by atoms with Crippen LogP contribution >= 0.6 is 27.7 Å². The Morgan fingerprint density at radius 2 is 1.96 bits per heavy atom. The fourth-order valence-electron chi connectivity index (χ4n) is 2.41. The maximum atomic E-state index is 12.6. The van der Waals surface area contributed by atoms with Gasteiger partial charge in [0, 0.05) is 11.5 Å². The van der Waals surface area contributed by atoms with Crippen molar-refractivity contribution in [3.63, 3.8) is 0 Å². The van der Waals surface area contributed by atoms with Crippen molar-refractivity contribution in [1.82, 2.24) is 4.90 Å². The van der Waals surface area contributed by atoms with Gasteiger partial charge in [0.05, 0.1) is 23.3 Å². The van der Waals surface area contributed by atoms with Crippen molar-refractivity contribution in [2.45, 2.75) is 0 Å². The predicted octanol–water partition coefficient (Wildman–Crippen LogP) is 4.10. The molecular weight excluding hydrogens is 448 g/mol. The quantitative estimate of drug-likeness (QED) is 0.663. The Morgan fingerprint density at radius 1 is 1.29 bits per heavy atom. The van der Waals surface area contributed by atoms with Crippen LogP contribution in [-0.2, 0) is 4.79 Å². The van der Waals surface area contributed by atoms with Crippen molar-refractivity contribution in [2.75, 3.05) is 14.2 Å². The third kappa shape index (κ3) is 4.05. The number of thioether (sulfide) groups is 1. The molecule has 0 atom stereocenters. The second kappa shape index (κ2) is 8.07. The summed E-state index contributed by atoms with van der Waals surface area (Å²) in [4.78, 5) is 29.8. The molecule has 9 heteroatoms. The fraction of sp³-hybridized carbons (Fsp3) is 0.105. The Balaban J connectivity index is 1.91. The molecule has 144 valence electrons. The fourth-order valence-corrected chi connectivity index (χ4v) is 3.84. The van der Waals surface area contributed by atoms with Gasteiger partial charge in [0.25, 0.3) is 5.91 Å². The van der Waals surface area contributed by atoms with Crippen molar-refractivity contribution < 1.29 is 24.5 Å². The number of aromatic carboxylic acids is 1. The molecule has 0 aromatic heterocycles. The van der Waals surface area contributed by atoms with Crippen LogP contribution in [0.2, 0.25) is 0 Å². The minimum atomic E-state index is -1.01. The summed E-state index contributed by atoms with van der Waals surface area (Å²) >= 11 is 4.57. The Bertz CT molecular complexity index is 1020. The number of halogens is 1. The molecule has 0 aliphatic carbocycles. The number of aliphatic imine (C=N–C) groups is 1. The summed E-state index contributed by atoms with van der Waals surface area (Å²) in [7, 11) is 3.07. The van der Waals surface area contributed by atoms with Crippen LogP contribution < -0.4 is 4.74 Å². The van der Waals surface area contributed by atoms with Gasteiger partial charge in [0.2, 0.25) is 0 Å². The number of benzene rings is 2. The molecule has 2 aromatic carbocycles. The van der Waals surface area contributed by atoms with Crippen molar-refractivity contribution in [2.24, 2.45) is 4.99 Å². The molecule has 2 aromatic rings. The average molecular weight is 463 g/mol. The van der Waals surface area contributed by atoms with Gasteiger partial charge in [-0.25, -0.2) is 9.79 Å². The first-order valence-electron chi connectivity index (χ1n) is 7.96. The lowest BCUT2D eigenvalue weighted by Crippen LogP contribution is -2.23. The number of carboxylic acid groups (broad SMARTS) is 1. The number of phenols is 1. The summed E-state index contributed by atoms with van der Waals surface area (Å²) < 4.78 is 5.73. The summed E-state index contributed by atoms with van der Waals surface area (Å²) in [6.45, 7) is 0. The van der Waals surface area contributed by atoms with Crippen molar-refractivity contribution in [3.05, 3.63) is 56.9 Å². The van der Waals surface area contributed by atoms with Crippen LogP contribution in [0.1, 0.15) is 15.9 Å². The topological polar surface area (TPSA) is 99.4 Å². The molecule has 0 spiro atoms. The van der Waals surface area contributed by atoms with E-state index in [1.54, 1.807) is 31.3 Å². The molecule has 28 heavy (non-hydrogen) atoms. The van der Waals surface area contributed by atoms with E-state index in [4.69, 9.17) is 9.84 Å². The number of aromatic hydroxyl groups is 1. The number of carbonyl (C=O) groups is 2. The SMILES string of the molecule is COc1cc(C=C2SC(=Nc3ccc(C(=O)O)cc3)N(C)C2=O)c(Br)cc1O. The van der Waals surface area contributed by atoms with E-state index in [2.05, 4.69) is 20.9 Å². The van der Waals surface area contributed by atoms with E-state index in [1.807, 2.05) is 0 Å². The molecule has 1 aliphatic rings. The Kier molecular flexibility index (Phi) is 5.76. The number of likely N-dealkylation sites (N-methyl/N-ethyl adjacent to an activating group) is 1. The molecule has 1 fully saturated rings. The number of amidine groups is 1. The molecule has 1 heterocycles. The van der Waals surface area contributed by atoms with E-state index in [1.165, 1.54) is 42.0 Å². The molecule has 1 aliphatic heterocycles. The smallest absolute Gasteiger partial charge is 0.335 e. The third-order valence-corrected chi connectivity index (χ3v) is 5.67. The highest BCUT2D eigenvalue weighted by atomic mass is 79.9. The number of carbonyl (C=O) groups excluding carboxylic acids is 1. The van der Waals surface area contributed by atoms with E-state index in [-0.39, 0.29) is 17.2 Å². The number of phenolic OH excluding ortho intramolecular Hbond substituents is 1. The highest BCUT2D eigenvalue weighted by Gasteiger charge is 2.30. The number of carboxylic acids is 1. The third-order valence-electron chi connectivity index (χ3n) is 3.93. The van der Waals surface area contributed by atoms with Crippen molar-refractivity contribution in [1.29, 1.82) is 0 Å². The minimum absolute atomic E-state index is 0.00824. The van der Waals surface area contributed by atoms with Crippen LogP contribution in [0, 0.1) is 0 Å². The molecule has 0 bridgehead atoms. The standard InChI is InChI=1S/C19H15BrN2O5S/c1-22-17(24)16(8-11-7-15(27-2)14(23)9-13(11)20)28-19(22)21-12-5-3-10(4-6-12)18(25)26/h3-9,23H,1-2H3,(H,25,26). The summed E-state index contributed by atoms with van der Waals surface area (Å²) in [6, 6.07) is 9.20. The summed E-state index contributed by atoms with van der Waals surface area (Å²) in [6.07, 6.45) is 1.69. The first kappa shape index (κ1) is 20.0. The van der Waals surface area contributed by atoms with Gasteiger partial charge >= 0.3 is 5.97 Å². The van der Waals surface area contributed by atoms with Crippen LogP contribution in [0.3, 0.4) is 0 Å². The number of hydrogen-bond donors (Lipinski definition) is 2. The molecule has 0 saturated carbocycles. The number of rotatable bonds is 4. The van der Waals surface area contributed by atoms with Crippen LogP contribution in [0.5, 0.6) is 11.5 Å². The predicted molar refractivity (Wildman–Crippen MR) is 111 cm³/mol. The molecule has 1 saturated heterocycles. The van der Waals surface area contributed by atoms with Crippen molar-refractivity contribution >= 4 is 56.5 Å². The van der Waals surface area contributed by atoms with Gasteiger partial charge in [0.15, 0.2) is 16.7 Å². The van der Waals surface area contributed by atoms with Gasteiger partial charge in [-0.15, -0.1) is 0 Å². The summed E-state index contributed by atoms with van der Waals surface area (Å²) in [5.41, 5.74) is 1.38. The van der Waals surface area contributed by atoms with Crippen LogP contribution in [0.4, 0.5) is 5.69 Å². The lowest BCUT2D eigenvalue weighted by Gasteiger charge is -2.07. The molecular formula is C19H15BrN2O5S. The van der Waals surface area contributed by atoms with Crippen LogP contribution in [0.25, 0.3) is 6.08 Å². The maximum absolute atomic E-state index is 12.6. The monoisotopic (exact) mass is 462 g/mol. The van der Waals surface area contributed by atoms with E-state index in [0.717, 1.165) is 0 Å². The molecule has 1 amide bonds. The van der Waals surface area contributed by atoms with E-state index in [9.17, 15) is 14.7 Å². The number of methoxy groups -OCH3 is 1. The normalized spacial score (nSPS) is 16.8. The van der Waals surface area contributed by atoms with Gasteiger partial charge in [0.1, 0.15) is 0 Å². The number of hydrogen-bond acceptors (Lipinski definition) is 6. The minimum Gasteiger partial charge on any atom is -0.504 e. The van der Waals surface area contributed by atoms with Crippen LogP contribution in [-0.4, -0.2) is 46.3 Å². The molecule has 3 rings (SSSR count). The second-order valence-electron chi connectivity index (χ2n) is 5.77. The Labute approximate surface area is 173 Å². The number of nitrogens with zero attached hydrogens (tertiary/aromatic N) is 2. The molecule has 7 nitrogen and oxygen atoms in total. The van der Waals surface area contributed by atoms with Gasteiger partial charge in [-0.05, 0) is 59.8 Å². The number of ether oxygens (including phenoxy) is 1. The summed E-state index contributed by atoms with van der Waals surface area (Å²) in [5, 5.41) is 19.3. The second-order valence-corrected chi connectivity index (χ2v) is 7.63. The zero-order valence-electron chi connectivity index (χ0n) is 14.8. The summed E-state index contributed by atoms with van der Waals surface area (Å²) in [5.74, 6) is -0.941. The van der Waals surface area contributed by atoms with Gasteiger partial charge in [-0.2, -0.15) is 0 Å². The Morgan fingerprint density at radius 3 is 2.57 bits per heavy atom. The molecule has 0 unspecified atom stereocenters. The Hall–Kier alpha value is -2.78. The average Bonchev–Trinajstić information content (AvgIpc) is 2.92. The highest BCUT2D eigenvalue weighted by molar-refractivity contribution is 9.10. The van der Waals surface area contributed by atoms with Crippen LogP contribution in [0.15, 0.2) is 50.8 Å². The zero-order chi connectivity index (χ0) is 20.4. The maximum Gasteiger partial charge on any atom is 0.335 e. The first-order chi connectivity index (χ1) is 13.3. The van der Waals surface area contributed by atoms with Crippen molar-refractivity contribution in [3.8, 4) is 11.5 Å². The molecule has 2 N–H and O–H groups in total. The van der Waals surface area contributed by atoms with Gasteiger partial charge in [-0.1, -0.05) is 15.9 Å². The largest absolute Gasteiger partial charge is 0.504 e. The zero-order valence-corrected chi connectivity index (χ0v) is 17.2. The lowest BCUT2D eigenvalue weighted by atomic mass is 10.2. The van der Waals surface area contributed by atoms with Gasteiger partial charge < -0.3 is 14.9 Å². The lowest BCUT2D eigenvalue weighted by molar-refractivity contribution is -0.121. The van der Waals surface area contributed by atoms with E-state index < -0.39 is 5.97 Å². The first-order valence-corrected chi connectivity index (χ1v) is 9.57. The van der Waals surface area contributed by atoms with E-state index >= 15 is 0 Å². The van der Waals surface area contributed by atoms with E-state index in [0.29, 0.717) is 31.5 Å². The highest BCUT2D eigenvalue weighted by Crippen LogP contribution is 2.37. The molecule has 0 radical (unpaired) electrons. The number of amides is 1.